The van der Waals surface area contributed by atoms with Gasteiger partial charge in [0, 0.05) is 17.5 Å². The Kier molecular flexibility index (Phi) is 3.21. The van der Waals surface area contributed by atoms with Crippen molar-refractivity contribution in [3.05, 3.63) is 34.2 Å². The molecule has 0 aromatic carbocycles. The maximum absolute atomic E-state index is 8.94. The van der Waals surface area contributed by atoms with Gasteiger partial charge in [0.15, 0.2) is 0 Å². The molecule has 3 rings (SSSR count). The Morgan fingerprint density at radius 2 is 2.28 bits per heavy atom. The minimum Gasteiger partial charge on any atom is -0.390 e. The molecule has 2 aromatic heterocycles. The van der Waals surface area contributed by atoms with Crippen LogP contribution in [0, 0.1) is 0 Å². The van der Waals surface area contributed by atoms with Gasteiger partial charge in [-0.1, -0.05) is 0 Å². The van der Waals surface area contributed by atoms with Crippen molar-refractivity contribution in [3.8, 4) is 0 Å². The number of nitrogens with one attached hydrogen (secondary N) is 1. The fourth-order valence-corrected chi connectivity index (χ4v) is 2.40. The molecule has 1 saturated carbocycles. The molecular formula is C12H14N4OS. The largest absolute Gasteiger partial charge is 0.390 e. The average Bonchev–Trinajstić information content (AvgIpc) is 3.16. The summed E-state index contributed by atoms with van der Waals surface area (Å²) in [6.07, 6.45) is 4.20. The van der Waals surface area contributed by atoms with Crippen molar-refractivity contribution >= 4 is 17.2 Å². The van der Waals surface area contributed by atoms with E-state index in [0.717, 1.165) is 22.3 Å². The molecule has 1 fully saturated rings. The van der Waals surface area contributed by atoms with Gasteiger partial charge in [-0.15, -0.1) is 11.3 Å². The third-order valence-electron chi connectivity index (χ3n) is 2.80. The molecule has 0 aliphatic heterocycles. The Hall–Kier alpha value is -1.53. The van der Waals surface area contributed by atoms with Gasteiger partial charge in [0.05, 0.1) is 18.8 Å². The van der Waals surface area contributed by atoms with Gasteiger partial charge in [0.1, 0.15) is 16.6 Å². The molecule has 1 aliphatic carbocycles. The molecule has 94 valence electrons. The van der Waals surface area contributed by atoms with Gasteiger partial charge in [0.2, 0.25) is 0 Å². The molecule has 0 unspecified atom stereocenters. The summed E-state index contributed by atoms with van der Waals surface area (Å²) < 4.78 is 0. The monoisotopic (exact) mass is 262 g/mol. The van der Waals surface area contributed by atoms with Crippen LogP contribution in [0.1, 0.15) is 35.3 Å². The Bertz CT molecular complexity index is 538. The van der Waals surface area contributed by atoms with Crippen LogP contribution in [0.4, 0.5) is 5.82 Å². The van der Waals surface area contributed by atoms with E-state index in [0.29, 0.717) is 12.5 Å². The van der Waals surface area contributed by atoms with Crippen LogP contribution in [0.2, 0.25) is 0 Å². The van der Waals surface area contributed by atoms with Crippen LogP contribution in [0.3, 0.4) is 0 Å². The number of aliphatic hydroxyl groups is 1. The molecule has 6 heteroatoms. The highest BCUT2D eigenvalue weighted by Crippen LogP contribution is 2.38. The van der Waals surface area contributed by atoms with E-state index >= 15 is 0 Å². The van der Waals surface area contributed by atoms with Crippen LogP contribution in [-0.4, -0.2) is 20.1 Å². The van der Waals surface area contributed by atoms with E-state index in [2.05, 4.69) is 20.3 Å². The number of hydrogen-bond acceptors (Lipinski definition) is 6. The Balaban J connectivity index is 1.63. The lowest BCUT2D eigenvalue weighted by Gasteiger charge is -2.04. The van der Waals surface area contributed by atoms with E-state index in [1.807, 2.05) is 11.4 Å². The van der Waals surface area contributed by atoms with Crippen LogP contribution in [-0.2, 0) is 13.2 Å². The van der Waals surface area contributed by atoms with Crippen LogP contribution in [0.15, 0.2) is 17.6 Å². The van der Waals surface area contributed by atoms with Crippen molar-refractivity contribution in [1.29, 1.82) is 0 Å². The van der Waals surface area contributed by atoms with Crippen LogP contribution in [0.5, 0.6) is 0 Å². The number of nitrogens with zero attached hydrogens (tertiary/aromatic N) is 3. The molecule has 0 saturated heterocycles. The zero-order valence-electron chi connectivity index (χ0n) is 9.83. The lowest BCUT2D eigenvalue weighted by atomic mass is 10.4. The molecule has 0 amide bonds. The van der Waals surface area contributed by atoms with Crippen molar-refractivity contribution in [3.63, 3.8) is 0 Å². The van der Waals surface area contributed by atoms with Crippen molar-refractivity contribution in [1.82, 2.24) is 15.0 Å². The first-order chi connectivity index (χ1) is 8.85. The van der Waals surface area contributed by atoms with Gasteiger partial charge in [-0.2, -0.15) is 0 Å². The smallest absolute Gasteiger partial charge is 0.133 e. The molecule has 0 spiro atoms. The van der Waals surface area contributed by atoms with E-state index in [-0.39, 0.29) is 6.61 Å². The number of thiazole rings is 1. The lowest BCUT2D eigenvalue weighted by Crippen LogP contribution is -2.03. The standard InChI is InChI=1S/C12H14N4OS/c17-6-9-7-18-11(15-9)5-14-10-3-4-13-12(16-10)8-1-2-8/h3-4,7-8,17H,1-2,5-6H2,(H,13,14,16). The predicted molar refractivity (Wildman–Crippen MR) is 69.4 cm³/mol. The Morgan fingerprint density at radius 1 is 1.39 bits per heavy atom. The topological polar surface area (TPSA) is 70.9 Å². The number of aliphatic hydroxyl groups excluding tert-OH is 1. The maximum atomic E-state index is 8.94. The fourth-order valence-electron chi connectivity index (χ4n) is 1.68. The quantitative estimate of drug-likeness (QED) is 0.861. The third kappa shape index (κ3) is 2.65. The average molecular weight is 262 g/mol. The summed E-state index contributed by atoms with van der Waals surface area (Å²) in [4.78, 5) is 13.0. The van der Waals surface area contributed by atoms with Gasteiger partial charge in [-0.3, -0.25) is 0 Å². The van der Waals surface area contributed by atoms with Gasteiger partial charge in [-0.25, -0.2) is 15.0 Å². The van der Waals surface area contributed by atoms with E-state index in [1.54, 1.807) is 6.20 Å². The van der Waals surface area contributed by atoms with Gasteiger partial charge in [-0.05, 0) is 18.9 Å². The van der Waals surface area contributed by atoms with Crippen LogP contribution in [0.25, 0.3) is 0 Å². The maximum Gasteiger partial charge on any atom is 0.133 e. The summed E-state index contributed by atoms with van der Waals surface area (Å²) in [7, 11) is 0. The highest BCUT2D eigenvalue weighted by atomic mass is 32.1. The van der Waals surface area contributed by atoms with E-state index in [9.17, 15) is 0 Å². The summed E-state index contributed by atoms with van der Waals surface area (Å²) in [6, 6.07) is 1.87. The normalized spacial score (nSPS) is 14.7. The Morgan fingerprint density at radius 3 is 3.00 bits per heavy atom. The van der Waals surface area contributed by atoms with E-state index in [1.165, 1.54) is 24.2 Å². The molecule has 0 radical (unpaired) electrons. The van der Waals surface area contributed by atoms with Gasteiger partial charge < -0.3 is 10.4 Å². The zero-order chi connectivity index (χ0) is 12.4. The summed E-state index contributed by atoms with van der Waals surface area (Å²) in [5, 5.41) is 15.0. The second kappa shape index (κ2) is 4.99. The summed E-state index contributed by atoms with van der Waals surface area (Å²) in [5.74, 6) is 2.34. The summed E-state index contributed by atoms with van der Waals surface area (Å²) in [6.45, 7) is 0.627. The molecule has 0 atom stereocenters. The molecule has 5 nitrogen and oxygen atoms in total. The summed E-state index contributed by atoms with van der Waals surface area (Å²) >= 11 is 1.54. The first-order valence-electron chi connectivity index (χ1n) is 5.96. The van der Waals surface area contributed by atoms with Crippen LogP contribution >= 0.6 is 11.3 Å². The number of anilines is 1. The SMILES string of the molecule is OCc1csc(CNc2ccnc(C3CC3)n2)n1. The molecule has 2 heterocycles. The summed E-state index contributed by atoms with van der Waals surface area (Å²) in [5.41, 5.74) is 0.721. The van der Waals surface area contributed by atoms with Crippen molar-refractivity contribution in [2.75, 3.05) is 5.32 Å². The highest BCUT2D eigenvalue weighted by molar-refractivity contribution is 7.09. The second-order valence-electron chi connectivity index (χ2n) is 4.32. The molecule has 0 bridgehead atoms. The zero-order valence-corrected chi connectivity index (χ0v) is 10.7. The Labute approximate surface area is 109 Å². The molecular weight excluding hydrogens is 248 g/mol. The van der Waals surface area contributed by atoms with Crippen LogP contribution < -0.4 is 5.32 Å². The minimum absolute atomic E-state index is 0.00413. The minimum atomic E-state index is -0.00413. The third-order valence-corrected chi connectivity index (χ3v) is 3.70. The fraction of sp³-hybridized carbons (Fsp3) is 0.417. The molecule has 1 aliphatic rings. The molecule has 2 aromatic rings. The van der Waals surface area contributed by atoms with Crippen molar-refractivity contribution < 1.29 is 5.11 Å². The van der Waals surface area contributed by atoms with Crippen molar-refractivity contribution in [2.45, 2.75) is 31.9 Å². The predicted octanol–water partition coefficient (Wildman–Crippen LogP) is 1.91. The number of hydrogen-bond donors (Lipinski definition) is 2. The number of rotatable bonds is 5. The second-order valence-corrected chi connectivity index (χ2v) is 5.26. The van der Waals surface area contributed by atoms with Gasteiger partial charge >= 0.3 is 0 Å². The van der Waals surface area contributed by atoms with E-state index < -0.39 is 0 Å². The molecule has 18 heavy (non-hydrogen) atoms. The molecule has 2 N–H and O–H groups in total. The number of aromatic nitrogens is 3. The lowest BCUT2D eigenvalue weighted by molar-refractivity contribution is 0.277. The van der Waals surface area contributed by atoms with Gasteiger partial charge in [0.25, 0.3) is 0 Å². The highest BCUT2D eigenvalue weighted by Gasteiger charge is 2.26. The van der Waals surface area contributed by atoms with Crippen molar-refractivity contribution in [2.24, 2.45) is 0 Å². The first-order valence-corrected chi connectivity index (χ1v) is 6.84. The first kappa shape index (κ1) is 11.6. The van der Waals surface area contributed by atoms with E-state index in [4.69, 9.17) is 5.11 Å².